The van der Waals surface area contributed by atoms with Crippen LogP contribution in [0.25, 0.3) is 0 Å². The van der Waals surface area contributed by atoms with Crippen LogP contribution in [-0.2, 0) is 26.2 Å². The van der Waals surface area contributed by atoms with Crippen LogP contribution in [0, 0.1) is 6.92 Å². The summed E-state index contributed by atoms with van der Waals surface area (Å²) in [6, 6.07) is 14.9. The molecule has 0 saturated heterocycles. The number of halogens is 2. The highest BCUT2D eigenvalue weighted by Gasteiger charge is 2.34. The molecule has 3 aromatic carbocycles. The summed E-state index contributed by atoms with van der Waals surface area (Å²) < 4.78 is 39.9. The fourth-order valence-corrected chi connectivity index (χ4v) is 6.20. The number of hydrogen-bond donors (Lipinski definition) is 1. The second kappa shape index (κ2) is 13.9. The predicted molar refractivity (Wildman–Crippen MR) is 170 cm³/mol. The Hall–Kier alpha value is -3.47. The van der Waals surface area contributed by atoms with E-state index in [9.17, 15) is 18.0 Å². The number of amides is 2. The molecule has 0 bridgehead atoms. The van der Waals surface area contributed by atoms with Gasteiger partial charge in [0.1, 0.15) is 12.6 Å². The number of aryl methyl sites for hydroxylation is 1. The molecule has 0 saturated carbocycles. The van der Waals surface area contributed by atoms with Gasteiger partial charge in [-0.05, 0) is 71.0 Å². The monoisotopic (exact) mass is 649 g/mol. The molecule has 9 nitrogen and oxygen atoms in total. The lowest BCUT2D eigenvalue weighted by Crippen LogP contribution is -2.54. The molecule has 1 N–H and O–H groups in total. The number of nitrogens with zero attached hydrogens (tertiary/aromatic N) is 2. The molecule has 0 aromatic heterocycles. The second-order valence-electron chi connectivity index (χ2n) is 11.0. The van der Waals surface area contributed by atoms with Crippen LogP contribution >= 0.6 is 23.2 Å². The van der Waals surface area contributed by atoms with Crippen molar-refractivity contribution < 1.29 is 27.5 Å². The number of methoxy groups -OCH3 is 2. The highest BCUT2D eigenvalue weighted by atomic mass is 35.5. The van der Waals surface area contributed by atoms with E-state index >= 15 is 0 Å². The SMILES string of the molecule is COc1ccc(S(=O)(=O)N(CC(=O)N(Cc2c(Cl)cccc2Cl)C(C)C(=O)NC(C)(C)C)c2ccc(C)cc2)cc1OC. The minimum Gasteiger partial charge on any atom is -0.493 e. The van der Waals surface area contributed by atoms with Gasteiger partial charge in [0.25, 0.3) is 10.0 Å². The summed E-state index contributed by atoms with van der Waals surface area (Å²) in [4.78, 5) is 28.6. The molecule has 3 rings (SSSR count). The Morgan fingerprint density at radius 3 is 2.05 bits per heavy atom. The Balaban J connectivity index is 2.11. The van der Waals surface area contributed by atoms with Crippen LogP contribution in [0.2, 0.25) is 10.0 Å². The summed E-state index contributed by atoms with van der Waals surface area (Å²) >= 11 is 12.9. The molecule has 0 aliphatic rings. The normalized spacial score (nSPS) is 12.3. The molecule has 12 heteroatoms. The minimum absolute atomic E-state index is 0.113. The summed E-state index contributed by atoms with van der Waals surface area (Å²) in [5.41, 5.74) is 1.02. The lowest BCUT2D eigenvalue weighted by molar-refractivity contribution is -0.140. The van der Waals surface area contributed by atoms with Gasteiger partial charge >= 0.3 is 0 Å². The summed E-state index contributed by atoms with van der Waals surface area (Å²) in [5, 5.41) is 3.50. The molecule has 1 atom stereocenters. The van der Waals surface area contributed by atoms with Crippen molar-refractivity contribution in [2.75, 3.05) is 25.1 Å². The third-order valence-corrected chi connectivity index (χ3v) is 9.08. The first-order valence-electron chi connectivity index (χ1n) is 13.4. The number of hydrogen-bond acceptors (Lipinski definition) is 6. The number of sulfonamides is 1. The van der Waals surface area contributed by atoms with Crippen molar-refractivity contribution >= 4 is 50.7 Å². The van der Waals surface area contributed by atoms with Gasteiger partial charge in [-0.15, -0.1) is 0 Å². The largest absolute Gasteiger partial charge is 0.493 e. The van der Waals surface area contributed by atoms with E-state index in [1.165, 1.54) is 37.3 Å². The Kier molecular flexibility index (Phi) is 11.0. The van der Waals surface area contributed by atoms with E-state index in [0.29, 0.717) is 21.4 Å². The highest BCUT2D eigenvalue weighted by Crippen LogP contribution is 2.33. The maximum absolute atomic E-state index is 14.1. The van der Waals surface area contributed by atoms with E-state index in [-0.39, 0.29) is 22.9 Å². The van der Waals surface area contributed by atoms with Gasteiger partial charge in [-0.2, -0.15) is 0 Å². The van der Waals surface area contributed by atoms with Gasteiger partial charge in [-0.25, -0.2) is 8.42 Å². The lowest BCUT2D eigenvalue weighted by atomic mass is 10.1. The van der Waals surface area contributed by atoms with Gasteiger partial charge in [-0.1, -0.05) is 47.0 Å². The van der Waals surface area contributed by atoms with Crippen LogP contribution in [0.1, 0.15) is 38.8 Å². The number of carbonyl (C=O) groups excluding carboxylic acids is 2. The second-order valence-corrected chi connectivity index (χ2v) is 13.7. The fraction of sp³-hybridized carbons (Fsp3) is 0.355. The van der Waals surface area contributed by atoms with E-state index < -0.39 is 40.0 Å². The topological polar surface area (TPSA) is 105 Å². The van der Waals surface area contributed by atoms with Gasteiger partial charge in [0.05, 0.1) is 24.8 Å². The molecule has 2 amide bonds. The lowest BCUT2D eigenvalue weighted by Gasteiger charge is -2.34. The molecule has 0 spiro atoms. The Labute approximate surface area is 263 Å². The van der Waals surface area contributed by atoms with Crippen molar-refractivity contribution in [1.82, 2.24) is 10.2 Å². The molecular formula is C31H37Cl2N3O6S. The standard InChI is InChI=1S/C31H37Cl2N3O6S/c1-20-11-13-22(14-12-20)36(43(39,40)23-15-16-27(41-6)28(17-23)42-7)19-29(37)35(21(2)30(38)34-31(3,4)5)18-24-25(32)9-8-10-26(24)33/h8-17,21H,18-19H2,1-7H3,(H,34,38). The Morgan fingerprint density at radius 2 is 1.51 bits per heavy atom. The van der Waals surface area contributed by atoms with Crippen molar-refractivity contribution in [2.45, 2.75) is 57.6 Å². The summed E-state index contributed by atoms with van der Waals surface area (Å²) in [5.74, 6) is -0.507. The smallest absolute Gasteiger partial charge is 0.264 e. The van der Waals surface area contributed by atoms with Crippen LogP contribution < -0.4 is 19.1 Å². The quantitative estimate of drug-likeness (QED) is 0.280. The van der Waals surface area contributed by atoms with Crippen molar-refractivity contribution in [3.8, 4) is 11.5 Å². The number of rotatable bonds is 11. The zero-order valence-corrected chi connectivity index (χ0v) is 27.6. The van der Waals surface area contributed by atoms with E-state index in [2.05, 4.69) is 5.32 Å². The maximum Gasteiger partial charge on any atom is 0.264 e. The molecule has 0 radical (unpaired) electrons. The van der Waals surface area contributed by atoms with Crippen LogP contribution in [0.4, 0.5) is 5.69 Å². The van der Waals surface area contributed by atoms with E-state index in [1.807, 2.05) is 27.7 Å². The van der Waals surface area contributed by atoms with Crippen LogP contribution in [0.3, 0.4) is 0 Å². The Morgan fingerprint density at radius 1 is 0.930 bits per heavy atom. The third kappa shape index (κ3) is 8.34. The number of ether oxygens (including phenoxy) is 2. The number of carbonyl (C=O) groups is 2. The maximum atomic E-state index is 14.1. The van der Waals surface area contributed by atoms with Gasteiger partial charge in [0, 0.05) is 33.8 Å². The average Bonchev–Trinajstić information content (AvgIpc) is 2.94. The van der Waals surface area contributed by atoms with Crippen LogP contribution in [-0.4, -0.2) is 57.5 Å². The molecule has 0 fully saturated rings. The van der Waals surface area contributed by atoms with Crippen molar-refractivity contribution in [3.63, 3.8) is 0 Å². The van der Waals surface area contributed by atoms with Gasteiger partial charge < -0.3 is 19.7 Å². The average molecular weight is 651 g/mol. The molecule has 232 valence electrons. The predicted octanol–water partition coefficient (Wildman–Crippen LogP) is 5.85. The van der Waals surface area contributed by atoms with Crippen molar-refractivity contribution in [2.24, 2.45) is 0 Å². The van der Waals surface area contributed by atoms with Crippen LogP contribution in [0.15, 0.2) is 65.6 Å². The van der Waals surface area contributed by atoms with Gasteiger partial charge in [-0.3, -0.25) is 13.9 Å². The fourth-order valence-electron chi connectivity index (χ4n) is 4.25. The number of benzene rings is 3. The summed E-state index contributed by atoms with van der Waals surface area (Å²) in [6.45, 7) is 8.16. The highest BCUT2D eigenvalue weighted by molar-refractivity contribution is 7.92. The number of anilines is 1. The van der Waals surface area contributed by atoms with Crippen molar-refractivity contribution in [3.05, 3.63) is 81.8 Å². The summed E-state index contributed by atoms with van der Waals surface area (Å²) in [7, 11) is -1.47. The molecule has 1 unspecified atom stereocenters. The molecule has 0 heterocycles. The first kappa shape index (κ1) is 34.0. The molecule has 3 aromatic rings. The van der Waals surface area contributed by atoms with Gasteiger partial charge in [0.2, 0.25) is 11.8 Å². The first-order valence-corrected chi connectivity index (χ1v) is 15.6. The van der Waals surface area contributed by atoms with E-state index in [0.717, 1.165) is 9.87 Å². The van der Waals surface area contributed by atoms with E-state index in [4.69, 9.17) is 32.7 Å². The number of nitrogens with one attached hydrogen (secondary N) is 1. The zero-order valence-electron chi connectivity index (χ0n) is 25.3. The van der Waals surface area contributed by atoms with Gasteiger partial charge in [0.15, 0.2) is 11.5 Å². The van der Waals surface area contributed by atoms with E-state index in [1.54, 1.807) is 49.4 Å². The molecule has 0 aliphatic heterocycles. The molecular weight excluding hydrogens is 613 g/mol. The van der Waals surface area contributed by atoms with Crippen LogP contribution in [0.5, 0.6) is 11.5 Å². The van der Waals surface area contributed by atoms with Crippen molar-refractivity contribution in [1.29, 1.82) is 0 Å². The Bertz CT molecular complexity index is 1550. The zero-order chi connectivity index (χ0) is 32.1. The molecule has 0 aliphatic carbocycles. The molecule has 43 heavy (non-hydrogen) atoms. The minimum atomic E-state index is -4.32. The summed E-state index contributed by atoms with van der Waals surface area (Å²) in [6.07, 6.45) is 0. The third-order valence-electron chi connectivity index (χ3n) is 6.60. The first-order chi connectivity index (χ1) is 20.1.